The maximum Gasteiger partial charge on any atom is 0.472 e. The van der Waals surface area contributed by atoms with Crippen molar-refractivity contribution in [3.05, 3.63) is 48.6 Å². The molecule has 0 heterocycles. The third-order valence-corrected chi connectivity index (χ3v) is 13.9. The summed E-state index contributed by atoms with van der Waals surface area (Å²) in [6.07, 6.45) is 43.0. The van der Waals surface area contributed by atoms with E-state index in [1.54, 1.807) is 0 Å². The molecule has 408 valence electrons. The molecule has 0 aromatic heterocycles. The summed E-state index contributed by atoms with van der Waals surface area (Å²) in [5.41, 5.74) is 0. The molecule has 0 bridgehead atoms. The topological polar surface area (TPSA) is 210 Å². The predicted octanol–water partition coefficient (Wildman–Crippen LogP) is 12.7. The molecule has 0 saturated heterocycles. The Balaban J connectivity index is 2.37. The van der Waals surface area contributed by atoms with Crippen molar-refractivity contribution in [2.75, 3.05) is 13.2 Å². The number of hydrogen-bond donors (Lipinski definition) is 6. The molecule has 1 saturated carbocycles. The van der Waals surface area contributed by atoms with Gasteiger partial charge in [0.15, 0.2) is 6.10 Å². The molecule has 8 atom stereocenters. The molecule has 6 N–H and O–H groups in total. The van der Waals surface area contributed by atoms with Crippen LogP contribution < -0.4 is 0 Å². The number of rotatable bonds is 47. The van der Waals surface area contributed by atoms with Crippen LogP contribution in [0.5, 0.6) is 0 Å². The minimum atomic E-state index is -5.13. The van der Waals surface area contributed by atoms with Crippen LogP contribution in [0.2, 0.25) is 0 Å². The van der Waals surface area contributed by atoms with Crippen molar-refractivity contribution in [2.24, 2.45) is 0 Å². The minimum Gasteiger partial charge on any atom is -0.462 e. The van der Waals surface area contributed by atoms with Crippen molar-refractivity contribution in [3.63, 3.8) is 0 Å². The summed E-state index contributed by atoms with van der Waals surface area (Å²) in [6, 6.07) is 0. The molecular weight excluding hydrogens is 912 g/mol. The summed E-state index contributed by atoms with van der Waals surface area (Å²) in [5, 5.41) is 50.3. The van der Waals surface area contributed by atoms with Gasteiger partial charge in [0, 0.05) is 12.8 Å². The molecule has 1 fully saturated rings. The van der Waals surface area contributed by atoms with Gasteiger partial charge in [-0.3, -0.25) is 18.6 Å². The Morgan fingerprint density at radius 2 is 0.771 bits per heavy atom. The monoisotopic (exact) mass is 1010 g/mol. The van der Waals surface area contributed by atoms with Gasteiger partial charge in [0.05, 0.1) is 6.61 Å². The zero-order valence-electron chi connectivity index (χ0n) is 43.8. The van der Waals surface area contributed by atoms with Crippen molar-refractivity contribution in [1.29, 1.82) is 0 Å². The Morgan fingerprint density at radius 3 is 1.20 bits per heavy atom. The Bertz CT molecular complexity index is 1400. The molecule has 14 heteroatoms. The van der Waals surface area contributed by atoms with E-state index in [0.717, 1.165) is 64.2 Å². The fraction of sp³-hybridized carbons (Fsp3) is 0.821. The molecule has 0 spiro atoms. The first kappa shape index (κ1) is 65.8. The molecule has 0 aromatic rings. The van der Waals surface area contributed by atoms with Crippen molar-refractivity contribution >= 4 is 19.8 Å². The standard InChI is InChI=1S/C56H101O13P/c1-3-5-7-9-11-13-15-17-19-21-23-24-25-27-28-30-32-34-36-38-40-42-44-49(57)66-46-48(47-67-70(64,65)69-56-54(62)52(60)51(59)53(61)55(56)63)68-50(58)45-43-41-39-37-35-33-31-29-26-22-20-18-16-14-12-10-8-6-4-2/h12,14,18,20,26,29,33,35,48,51-56,59-63H,3-11,13,15-17,19,21-25,27-28,30-32,34,36-47H2,1-2H3,(H,64,65)/b14-12+,20-18+,29-26+,35-33+/t48-,51?,52-,53?,54?,55?,56?/m0/s1. The highest BCUT2D eigenvalue weighted by Gasteiger charge is 2.51. The number of carbonyl (C=O) groups is 2. The lowest BCUT2D eigenvalue weighted by molar-refractivity contribution is -0.220. The first-order valence-electron chi connectivity index (χ1n) is 27.9. The number of ether oxygens (including phenoxy) is 2. The lowest BCUT2D eigenvalue weighted by Gasteiger charge is -2.41. The first-order chi connectivity index (χ1) is 33.9. The van der Waals surface area contributed by atoms with E-state index in [9.17, 15) is 44.6 Å². The normalized spacial score (nSPS) is 21.1. The van der Waals surface area contributed by atoms with Gasteiger partial charge in [-0.05, 0) is 57.8 Å². The highest BCUT2D eigenvalue weighted by atomic mass is 31.2. The van der Waals surface area contributed by atoms with Crippen LogP contribution in [0.3, 0.4) is 0 Å². The van der Waals surface area contributed by atoms with Crippen LogP contribution in [0.15, 0.2) is 48.6 Å². The van der Waals surface area contributed by atoms with E-state index in [4.69, 9.17) is 18.5 Å². The highest BCUT2D eigenvalue weighted by molar-refractivity contribution is 7.47. The predicted molar refractivity (Wildman–Crippen MR) is 281 cm³/mol. The van der Waals surface area contributed by atoms with Crippen molar-refractivity contribution in [1.82, 2.24) is 0 Å². The van der Waals surface area contributed by atoms with Crippen LogP contribution >= 0.6 is 7.82 Å². The molecule has 0 aliphatic heterocycles. The molecule has 70 heavy (non-hydrogen) atoms. The van der Waals surface area contributed by atoms with Gasteiger partial charge in [-0.1, -0.05) is 217 Å². The molecule has 1 aliphatic rings. The largest absolute Gasteiger partial charge is 0.472 e. The second-order valence-corrected chi connectivity index (χ2v) is 20.9. The average molecular weight is 1010 g/mol. The van der Waals surface area contributed by atoms with Gasteiger partial charge in [-0.25, -0.2) is 4.57 Å². The average Bonchev–Trinajstić information content (AvgIpc) is 3.34. The summed E-state index contributed by atoms with van der Waals surface area (Å²) >= 11 is 0. The lowest BCUT2D eigenvalue weighted by Crippen LogP contribution is -2.64. The Kier molecular flexibility index (Phi) is 42.7. The number of phosphoric ester groups is 1. The van der Waals surface area contributed by atoms with Crippen LogP contribution in [0.4, 0.5) is 0 Å². The first-order valence-corrected chi connectivity index (χ1v) is 29.4. The van der Waals surface area contributed by atoms with Crippen molar-refractivity contribution in [3.8, 4) is 0 Å². The van der Waals surface area contributed by atoms with Crippen LogP contribution in [0.1, 0.15) is 239 Å². The molecule has 0 aromatic carbocycles. The van der Waals surface area contributed by atoms with Gasteiger partial charge in [0.25, 0.3) is 0 Å². The number of hydrogen-bond acceptors (Lipinski definition) is 12. The van der Waals surface area contributed by atoms with E-state index < -0.39 is 75.7 Å². The van der Waals surface area contributed by atoms with Crippen molar-refractivity contribution < 1.29 is 63.1 Å². The quantitative estimate of drug-likeness (QED) is 0.0145. The maximum atomic E-state index is 12.9. The third kappa shape index (κ3) is 36.7. The summed E-state index contributed by atoms with van der Waals surface area (Å²) in [7, 11) is -5.13. The zero-order chi connectivity index (χ0) is 51.3. The van der Waals surface area contributed by atoms with E-state index in [-0.39, 0.29) is 12.8 Å². The summed E-state index contributed by atoms with van der Waals surface area (Å²) in [4.78, 5) is 35.9. The third-order valence-electron chi connectivity index (χ3n) is 12.9. The molecular formula is C56H101O13P. The fourth-order valence-corrected chi connectivity index (χ4v) is 9.42. The van der Waals surface area contributed by atoms with E-state index in [2.05, 4.69) is 62.5 Å². The van der Waals surface area contributed by atoms with E-state index in [0.29, 0.717) is 12.8 Å². The number of unbranched alkanes of at least 4 members (excludes halogenated alkanes) is 27. The number of aliphatic hydroxyl groups excluding tert-OH is 5. The second kappa shape index (κ2) is 45.4. The van der Waals surface area contributed by atoms with Gasteiger partial charge in [-0.15, -0.1) is 0 Å². The Morgan fingerprint density at radius 1 is 0.443 bits per heavy atom. The summed E-state index contributed by atoms with van der Waals surface area (Å²) in [5.74, 6) is -1.13. The van der Waals surface area contributed by atoms with E-state index >= 15 is 0 Å². The number of aliphatic hydroxyl groups is 5. The zero-order valence-corrected chi connectivity index (χ0v) is 44.7. The van der Waals surface area contributed by atoms with Crippen LogP contribution in [-0.2, 0) is 32.7 Å². The van der Waals surface area contributed by atoms with Crippen LogP contribution in [0.25, 0.3) is 0 Å². The Hall–Kier alpha value is -2.19. The SMILES string of the molecule is CCCCC/C=C/C/C=C/C/C=C/C/C=C/CCCCCC(=O)O[C@@H](COC(=O)CCCCCCCCCCCCCCCCCCCCCCCC)COP(=O)(O)OC1C(O)C(O)C(O)[C@H](O)C1O. The van der Waals surface area contributed by atoms with Crippen LogP contribution in [0, 0.1) is 0 Å². The van der Waals surface area contributed by atoms with E-state index in [1.807, 2.05) is 0 Å². The highest BCUT2D eigenvalue weighted by Crippen LogP contribution is 2.47. The van der Waals surface area contributed by atoms with E-state index in [1.165, 1.54) is 135 Å². The van der Waals surface area contributed by atoms with Gasteiger partial charge in [0.1, 0.15) is 43.2 Å². The van der Waals surface area contributed by atoms with Crippen LogP contribution in [-0.4, -0.2) is 98.3 Å². The second-order valence-electron chi connectivity index (χ2n) is 19.4. The molecule has 1 aliphatic carbocycles. The smallest absolute Gasteiger partial charge is 0.462 e. The number of phosphoric acid groups is 1. The molecule has 0 radical (unpaired) electrons. The molecule has 0 amide bonds. The summed E-state index contributed by atoms with van der Waals surface area (Å²) in [6.45, 7) is 3.29. The van der Waals surface area contributed by atoms with Gasteiger partial charge >= 0.3 is 19.8 Å². The maximum absolute atomic E-state index is 12.9. The summed E-state index contributed by atoms with van der Waals surface area (Å²) < 4.78 is 33.7. The van der Waals surface area contributed by atoms with Gasteiger partial charge in [-0.2, -0.15) is 0 Å². The number of allylic oxidation sites excluding steroid dienone is 8. The molecule has 1 rings (SSSR count). The lowest BCUT2D eigenvalue weighted by atomic mass is 9.85. The minimum absolute atomic E-state index is 0.0599. The van der Waals surface area contributed by atoms with Gasteiger partial charge in [0.2, 0.25) is 0 Å². The number of carbonyl (C=O) groups excluding carboxylic acids is 2. The number of esters is 2. The Labute approximate surface area is 424 Å². The van der Waals surface area contributed by atoms with Gasteiger partial charge < -0.3 is 39.9 Å². The molecule has 6 unspecified atom stereocenters. The van der Waals surface area contributed by atoms with Crippen molar-refractivity contribution in [2.45, 2.75) is 281 Å². The fourth-order valence-electron chi connectivity index (χ4n) is 8.45. The molecule has 13 nitrogen and oxygen atoms in total.